The molecule has 2 heterocycles. The van der Waals surface area contributed by atoms with Gasteiger partial charge in [-0.3, -0.25) is 0 Å². The molecule has 8 heteroatoms. The van der Waals surface area contributed by atoms with Gasteiger partial charge in [-0.1, -0.05) is 0 Å². The summed E-state index contributed by atoms with van der Waals surface area (Å²) in [5.74, 6) is 1.98. The van der Waals surface area contributed by atoms with E-state index in [1.807, 2.05) is 24.3 Å². The fraction of sp³-hybridized carbons (Fsp3) is 0.286. The molecule has 2 aromatic carbocycles. The fourth-order valence-electron chi connectivity index (χ4n) is 3.44. The first kappa shape index (κ1) is 19.5. The average Bonchev–Trinajstić information content (AvgIpc) is 3.29. The summed E-state index contributed by atoms with van der Waals surface area (Å²) in [7, 11) is -0.246. The Morgan fingerprint density at radius 3 is 2.28 bits per heavy atom. The quantitative estimate of drug-likeness (QED) is 0.662. The van der Waals surface area contributed by atoms with E-state index in [0.29, 0.717) is 40.8 Å². The van der Waals surface area contributed by atoms with Crippen molar-refractivity contribution in [2.45, 2.75) is 17.7 Å². The topological polar surface area (TPSA) is 80.8 Å². The fourth-order valence-corrected chi connectivity index (χ4v) is 4.99. The average molecular weight is 413 g/mol. The van der Waals surface area contributed by atoms with E-state index in [1.165, 1.54) is 0 Å². The van der Waals surface area contributed by atoms with Crippen molar-refractivity contribution < 1.29 is 17.9 Å². The van der Waals surface area contributed by atoms with Crippen LogP contribution in [0.5, 0.6) is 11.5 Å². The number of ether oxygens (including phenoxy) is 2. The number of benzene rings is 2. The van der Waals surface area contributed by atoms with E-state index in [1.54, 1.807) is 42.8 Å². The monoisotopic (exact) mass is 413 g/mol. The Bertz CT molecular complexity index is 1120. The molecule has 1 saturated heterocycles. The van der Waals surface area contributed by atoms with Crippen molar-refractivity contribution in [2.75, 3.05) is 32.6 Å². The zero-order chi connectivity index (χ0) is 20.4. The van der Waals surface area contributed by atoms with Gasteiger partial charge in [-0.05, 0) is 43.2 Å². The molecule has 0 saturated carbocycles. The molecule has 0 atom stereocenters. The Balaban J connectivity index is 1.62. The lowest BCUT2D eigenvalue weighted by atomic mass is 10.2. The molecule has 1 aliphatic heterocycles. The zero-order valence-corrected chi connectivity index (χ0v) is 17.2. The Hall–Kier alpha value is -2.84. The van der Waals surface area contributed by atoms with E-state index in [0.717, 1.165) is 23.9 Å². The number of hydrogen-bond acceptors (Lipinski definition) is 6. The second-order valence-electron chi connectivity index (χ2n) is 6.89. The minimum Gasteiger partial charge on any atom is -0.497 e. The molecule has 1 aliphatic rings. The summed E-state index contributed by atoms with van der Waals surface area (Å²) in [6, 6.07) is 14.2. The number of methoxy groups -OCH3 is 2. The molecule has 4 rings (SSSR count). The number of nitrogens with zero attached hydrogens (tertiary/aromatic N) is 2. The van der Waals surface area contributed by atoms with E-state index in [4.69, 9.17) is 9.47 Å². The minimum atomic E-state index is -3.44. The molecule has 152 valence electrons. The highest BCUT2D eigenvalue weighted by Crippen LogP contribution is 2.29. The summed E-state index contributed by atoms with van der Waals surface area (Å²) in [5, 5.41) is 4.01. The normalized spacial score (nSPS) is 14.8. The third-order valence-electron chi connectivity index (χ3n) is 4.99. The van der Waals surface area contributed by atoms with Crippen molar-refractivity contribution in [2.24, 2.45) is 0 Å². The molecule has 3 aromatic rings. The summed E-state index contributed by atoms with van der Waals surface area (Å²) in [6.45, 7) is 1.18. The largest absolute Gasteiger partial charge is 0.497 e. The van der Waals surface area contributed by atoms with Crippen LogP contribution in [0.4, 0.5) is 11.5 Å². The molecule has 0 radical (unpaired) electrons. The lowest BCUT2D eigenvalue weighted by Crippen LogP contribution is -2.27. The van der Waals surface area contributed by atoms with E-state index in [2.05, 4.69) is 10.3 Å². The van der Waals surface area contributed by atoms with Gasteiger partial charge in [0.05, 0.1) is 24.6 Å². The third kappa shape index (κ3) is 3.99. The van der Waals surface area contributed by atoms with Crippen molar-refractivity contribution in [3.05, 3.63) is 48.5 Å². The Kier molecular flexibility index (Phi) is 5.29. The zero-order valence-electron chi connectivity index (χ0n) is 16.4. The maximum absolute atomic E-state index is 12.8. The van der Waals surface area contributed by atoms with Crippen LogP contribution in [-0.4, -0.2) is 45.0 Å². The van der Waals surface area contributed by atoms with Gasteiger partial charge in [-0.2, -0.15) is 4.31 Å². The number of aromatic nitrogens is 1. The van der Waals surface area contributed by atoms with Crippen LogP contribution >= 0.6 is 0 Å². The van der Waals surface area contributed by atoms with Gasteiger partial charge in [0, 0.05) is 42.4 Å². The van der Waals surface area contributed by atoms with Crippen LogP contribution in [0.15, 0.2) is 53.4 Å². The van der Waals surface area contributed by atoms with Crippen molar-refractivity contribution in [3.8, 4) is 11.5 Å². The summed E-state index contributed by atoms with van der Waals surface area (Å²) in [5.41, 5.74) is 1.49. The van der Waals surface area contributed by atoms with Crippen molar-refractivity contribution >= 4 is 32.4 Å². The van der Waals surface area contributed by atoms with Crippen LogP contribution in [0.2, 0.25) is 0 Å². The van der Waals surface area contributed by atoms with Crippen LogP contribution < -0.4 is 14.8 Å². The first-order valence-electron chi connectivity index (χ1n) is 9.41. The van der Waals surface area contributed by atoms with Crippen molar-refractivity contribution in [3.63, 3.8) is 0 Å². The predicted molar refractivity (Wildman–Crippen MR) is 113 cm³/mol. The molecule has 1 fully saturated rings. The van der Waals surface area contributed by atoms with E-state index in [-0.39, 0.29) is 0 Å². The van der Waals surface area contributed by atoms with Crippen LogP contribution in [0.3, 0.4) is 0 Å². The molecule has 1 N–H and O–H groups in total. The molecular formula is C21H23N3O4S. The highest BCUT2D eigenvalue weighted by atomic mass is 32.2. The van der Waals surface area contributed by atoms with Gasteiger partial charge in [0.2, 0.25) is 10.0 Å². The van der Waals surface area contributed by atoms with Gasteiger partial charge in [0.1, 0.15) is 17.3 Å². The van der Waals surface area contributed by atoms with Gasteiger partial charge in [-0.15, -0.1) is 0 Å². The number of sulfonamides is 1. The van der Waals surface area contributed by atoms with Gasteiger partial charge < -0.3 is 14.8 Å². The molecule has 29 heavy (non-hydrogen) atoms. The second-order valence-corrected chi connectivity index (χ2v) is 8.83. The maximum atomic E-state index is 12.8. The third-order valence-corrected chi connectivity index (χ3v) is 6.88. The number of hydrogen-bond donors (Lipinski definition) is 1. The summed E-state index contributed by atoms with van der Waals surface area (Å²) in [6.07, 6.45) is 1.83. The second kappa shape index (κ2) is 7.88. The van der Waals surface area contributed by atoms with Crippen molar-refractivity contribution in [1.29, 1.82) is 0 Å². The Morgan fingerprint density at radius 2 is 1.62 bits per heavy atom. The van der Waals surface area contributed by atoms with E-state index < -0.39 is 10.0 Å². The molecule has 7 nitrogen and oxygen atoms in total. The van der Waals surface area contributed by atoms with Gasteiger partial charge in [0.25, 0.3) is 0 Å². The molecule has 0 aliphatic carbocycles. The maximum Gasteiger partial charge on any atom is 0.243 e. The Morgan fingerprint density at radius 1 is 0.931 bits per heavy atom. The van der Waals surface area contributed by atoms with Gasteiger partial charge >= 0.3 is 0 Å². The standard InChI is InChI=1S/C21H23N3O4S/c1-27-17-12-16(13-18(14-17)28-2)22-21-8-5-15-11-19(6-7-20(15)23-21)29(25,26)24-9-3-4-10-24/h5-8,11-14H,3-4,9-10H2,1-2H3,(H,22,23). The molecule has 0 unspecified atom stereocenters. The lowest BCUT2D eigenvalue weighted by Gasteiger charge is -2.16. The minimum absolute atomic E-state index is 0.312. The van der Waals surface area contributed by atoms with E-state index in [9.17, 15) is 8.42 Å². The lowest BCUT2D eigenvalue weighted by molar-refractivity contribution is 0.395. The van der Waals surface area contributed by atoms with Gasteiger partial charge in [0.15, 0.2) is 0 Å². The molecule has 0 spiro atoms. The molecule has 0 bridgehead atoms. The van der Waals surface area contributed by atoms with Gasteiger partial charge in [-0.25, -0.2) is 13.4 Å². The number of anilines is 2. The summed E-state index contributed by atoms with van der Waals surface area (Å²) < 4.78 is 37.7. The SMILES string of the molecule is COc1cc(Nc2ccc3cc(S(=O)(=O)N4CCCC4)ccc3n2)cc(OC)c1. The van der Waals surface area contributed by atoms with Crippen LogP contribution in [0.25, 0.3) is 10.9 Å². The van der Waals surface area contributed by atoms with Crippen molar-refractivity contribution in [1.82, 2.24) is 9.29 Å². The molecule has 0 amide bonds. The smallest absolute Gasteiger partial charge is 0.243 e. The first-order chi connectivity index (χ1) is 14.0. The highest BCUT2D eigenvalue weighted by Gasteiger charge is 2.27. The molecular weight excluding hydrogens is 390 g/mol. The Labute approximate surface area is 170 Å². The van der Waals surface area contributed by atoms with Crippen LogP contribution in [-0.2, 0) is 10.0 Å². The van der Waals surface area contributed by atoms with E-state index >= 15 is 0 Å². The number of fused-ring (bicyclic) bond motifs is 1. The number of nitrogens with one attached hydrogen (secondary N) is 1. The molecule has 1 aromatic heterocycles. The number of rotatable bonds is 6. The van der Waals surface area contributed by atoms with Crippen LogP contribution in [0, 0.1) is 0 Å². The predicted octanol–water partition coefficient (Wildman–Crippen LogP) is 3.78. The first-order valence-corrected chi connectivity index (χ1v) is 10.8. The summed E-state index contributed by atoms with van der Waals surface area (Å²) >= 11 is 0. The number of pyridine rings is 1. The van der Waals surface area contributed by atoms with Crippen LogP contribution in [0.1, 0.15) is 12.8 Å². The summed E-state index contributed by atoms with van der Waals surface area (Å²) in [4.78, 5) is 4.91. The highest BCUT2D eigenvalue weighted by molar-refractivity contribution is 7.89.